The summed E-state index contributed by atoms with van der Waals surface area (Å²) in [5, 5.41) is 2.98. The number of hydrogen-bond acceptors (Lipinski definition) is 5. The summed E-state index contributed by atoms with van der Waals surface area (Å²) < 4.78 is 38.6. The van der Waals surface area contributed by atoms with Crippen LogP contribution < -0.4 is 10.0 Å². The van der Waals surface area contributed by atoms with Crippen LogP contribution in [-0.2, 0) is 21.3 Å². The first-order chi connectivity index (χ1) is 9.87. The number of aryl methyl sites for hydroxylation is 2. The van der Waals surface area contributed by atoms with Gasteiger partial charge in [0, 0.05) is 25.3 Å². The number of sulfonamides is 1. The van der Waals surface area contributed by atoms with Gasteiger partial charge in [-0.15, -0.1) is 0 Å². The minimum Gasteiger partial charge on any atom is -0.465 e. The molecule has 21 heavy (non-hydrogen) atoms. The van der Waals surface area contributed by atoms with Crippen molar-refractivity contribution in [3.05, 3.63) is 17.1 Å². The van der Waals surface area contributed by atoms with Crippen molar-refractivity contribution in [1.82, 2.24) is 10.0 Å². The molecule has 0 aliphatic rings. The Bertz CT molecular complexity index is 546. The summed E-state index contributed by atoms with van der Waals surface area (Å²) >= 11 is 0. The Morgan fingerprint density at radius 2 is 1.95 bits per heavy atom. The standard InChI is InChI=1S/C14H26N2O4S/c1-6-7-12(9-19-5)16-21(17,18)14-11(3)20-10(2)13(14)8-15-4/h12,15-16H,6-9H2,1-5H3. The van der Waals surface area contributed by atoms with Crippen molar-refractivity contribution in [2.75, 3.05) is 20.8 Å². The summed E-state index contributed by atoms with van der Waals surface area (Å²) in [5.74, 6) is 1.04. The fourth-order valence-electron chi connectivity index (χ4n) is 2.45. The van der Waals surface area contributed by atoms with Crippen LogP contribution in [0.2, 0.25) is 0 Å². The van der Waals surface area contributed by atoms with Crippen LogP contribution in [0.4, 0.5) is 0 Å². The minimum atomic E-state index is -3.63. The third kappa shape index (κ3) is 4.54. The van der Waals surface area contributed by atoms with Gasteiger partial charge < -0.3 is 14.5 Å². The van der Waals surface area contributed by atoms with Gasteiger partial charge in [0.05, 0.1) is 6.61 Å². The monoisotopic (exact) mass is 318 g/mol. The highest BCUT2D eigenvalue weighted by Crippen LogP contribution is 2.26. The molecular weight excluding hydrogens is 292 g/mol. The van der Waals surface area contributed by atoms with E-state index >= 15 is 0 Å². The molecular formula is C14H26N2O4S. The molecule has 0 saturated heterocycles. The van der Waals surface area contributed by atoms with Gasteiger partial charge in [-0.25, -0.2) is 13.1 Å². The summed E-state index contributed by atoms with van der Waals surface area (Å²) in [5.41, 5.74) is 0.676. The molecule has 0 radical (unpaired) electrons. The molecule has 0 saturated carbocycles. The van der Waals surface area contributed by atoms with Crippen molar-refractivity contribution in [2.45, 2.75) is 51.1 Å². The van der Waals surface area contributed by atoms with Crippen LogP contribution in [-0.4, -0.2) is 35.2 Å². The third-order valence-corrected chi connectivity index (χ3v) is 4.99. The van der Waals surface area contributed by atoms with Crippen molar-refractivity contribution in [3.8, 4) is 0 Å². The molecule has 1 aromatic rings. The quantitative estimate of drug-likeness (QED) is 0.724. The number of nitrogens with one attached hydrogen (secondary N) is 2. The summed E-state index contributed by atoms with van der Waals surface area (Å²) in [4.78, 5) is 0.242. The molecule has 1 unspecified atom stereocenters. The molecule has 0 aliphatic carbocycles. The first-order valence-electron chi connectivity index (χ1n) is 7.12. The molecule has 7 heteroatoms. The summed E-state index contributed by atoms with van der Waals surface area (Å²) in [6, 6.07) is -0.234. The zero-order chi connectivity index (χ0) is 16.0. The van der Waals surface area contributed by atoms with Crippen molar-refractivity contribution in [2.24, 2.45) is 0 Å². The number of hydrogen-bond donors (Lipinski definition) is 2. The smallest absolute Gasteiger partial charge is 0.244 e. The van der Waals surface area contributed by atoms with E-state index < -0.39 is 10.0 Å². The first kappa shape index (κ1) is 18.2. The molecule has 0 fully saturated rings. The van der Waals surface area contributed by atoms with Crippen molar-refractivity contribution < 1.29 is 17.6 Å². The van der Waals surface area contributed by atoms with Crippen molar-refractivity contribution >= 4 is 10.0 Å². The van der Waals surface area contributed by atoms with Gasteiger partial charge in [-0.3, -0.25) is 0 Å². The van der Waals surface area contributed by atoms with Crippen LogP contribution in [0.5, 0.6) is 0 Å². The van der Waals surface area contributed by atoms with Gasteiger partial charge in [0.25, 0.3) is 0 Å². The number of rotatable bonds is 9. The lowest BCUT2D eigenvalue weighted by atomic mass is 10.2. The second-order valence-electron chi connectivity index (χ2n) is 5.11. The highest BCUT2D eigenvalue weighted by molar-refractivity contribution is 7.89. The lowest BCUT2D eigenvalue weighted by molar-refractivity contribution is 0.171. The largest absolute Gasteiger partial charge is 0.465 e. The Morgan fingerprint density at radius 1 is 1.29 bits per heavy atom. The van der Waals surface area contributed by atoms with Crippen molar-refractivity contribution in [3.63, 3.8) is 0 Å². The number of methoxy groups -OCH3 is 1. The Balaban J connectivity index is 3.12. The predicted molar refractivity (Wildman–Crippen MR) is 81.8 cm³/mol. The molecule has 6 nitrogen and oxygen atoms in total. The van der Waals surface area contributed by atoms with E-state index in [1.165, 1.54) is 0 Å². The van der Waals surface area contributed by atoms with Gasteiger partial charge in [0.15, 0.2) is 0 Å². The predicted octanol–water partition coefficient (Wildman–Crippen LogP) is 1.71. The van der Waals surface area contributed by atoms with Crippen LogP contribution in [0.15, 0.2) is 9.31 Å². The highest BCUT2D eigenvalue weighted by atomic mass is 32.2. The maximum atomic E-state index is 12.7. The van der Waals surface area contributed by atoms with Crippen LogP contribution in [0.1, 0.15) is 36.8 Å². The maximum Gasteiger partial charge on any atom is 0.244 e. The number of furan rings is 1. The Morgan fingerprint density at radius 3 is 2.48 bits per heavy atom. The first-order valence-corrected chi connectivity index (χ1v) is 8.60. The third-order valence-electron chi connectivity index (χ3n) is 3.27. The second-order valence-corrected chi connectivity index (χ2v) is 6.77. The Labute approximate surface area is 127 Å². The molecule has 1 heterocycles. The van der Waals surface area contributed by atoms with Crippen LogP contribution in [0.25, 0.3) is 0 Å². The minimum absolute atomic E-state index is 0.234. The van der Waals surface area contributed by atoms with E-state index in [1.54, 1.807) is 28.0 Å². The lowest BCUT2D eigenvalue weighted by Gasteiger charge is -2.17. The van der Waals surface area contributed by atoms with E-state index in [1.807, 2.05) is 6.92 Å². The average molecular weight is 318 g/mol. The van der Waals surface area contributed by atoms with Crippen LogP contribution in [0.3, 0.4) is 0 Å². The van der Waals surface area contributed by atoms with E-state index in [2.05, 4.69) is 10.0 Å². The number of ether oxygens (including phenoxy) is 1. The van der Waals surface area contributed by atoms with Gasteiger partial charge in [-0.05, 0) is 27.3 Å². The van der Waals surface area contributed by atoms with Gasteiger partial charge >= 0.3 is 0 Å². The Kier molecular flexibility index (Phi) is 6.86. The van der Waals surface area contributed by atoms with E-state index in [0.717, 1.165) is 12.8 Å². The molecule has 1 atom stereocenters. The molecule has 0 spiro atoms. The molecule has 1 aromatic heterocycles. The molecule has 0 bridgehead atoms. The fraction of sp³-hybridized carbons (Fsp3) is 0.714. The molecule has 1 rings (SSSR count). The normalized spacial score (nSPS) is 13.6. The topological polar surface area (TPSA) is 80.6 Å². The fourth-order valence-corrected chi connectivity index (χ4v) is 4.15. The van der Waals surface area contributed by atoms with Crippen LogP contribution in [0, 0.1) is 13.8 Å². The van der Waals surface area contributed by atoms with Crippen molar-refractivity contribution in [1.29, 1.82) is 0 Å². The molecule has 0 aliphatic heterocycles. The maximum absolute atomic E-state index is 12.7. The average Bonchev–Trinajstić information content (AvgIpc) is 2.65. The van der Waals surface area contributed by atoms with E-state index in [-0.39, 0.29) is 10.9 Å². The summed E-state index contributed by atoms with van der Waals surface area (Å²) in [6.07, 6.45) is 1.60. The van der Waals surface area contributed by atoms with Crippen LogP contribution >= 0.6 is 0 Å². The molecule has 2 N–H and O–H groups in total. The lowest BCUT2D eigenvalue weighted by Crippen LogP contribution is -2.38. The summed E-state index contributed by atoms with van der Waals surface area (Å²) in [7, 11) is -0.290. The van der Waals surface area contributed by atoms with Gasteiger partial charge in [-0.2, -0.15) is 0 Å². The highest BCUT2D eigenvalue weighted by Gasteiger charge is 2.28. The van der Waals surface area contributed by atoms with Gasteiger partial charge in [0.1, 0.15) is 16.4 Å². The van der Waals surface area contributed by atoms with E-state index in [4.69, 9.17) is 9.15 Å². The molecule has 0 amide bonds. The molecule has 122 valence electrons. The van der Waals surface area contributed by atoms with E-state index in [9.17, 15) is 8.42 Å². The van der Waals surface area contributed by atoms with Gasteiger partial charge in [-0.1, -0.05) is 13.3 Å². The second kappa shape index (κ2) is 7.93. The Hall–Kier alpha value is -0.890. The van der Waals surface area contributed by atoms with E-state index in [0.29, 0.717) is 30.2 Å². The SMILES string of the molecule is CCCC(COC)NS(=O)(=O)c1c(C)oc(C)c1CNC. The van der Waals surface area contributed by atoms with Gasteiger partial charge in [0.2, 0.25) is 10.0 Å². The molecule has 0 aromatic carbocycles. The summed E-state index contributed by atoms with van der Waals surface area (Å²) in [6.45, 7) is 6.26. The zero-order valence-electron chi connectivity index (χ0n) is 13.4. The zero-order valence-corrected chi connectivity index (χ0v) is 14.3.